The Labute approximate surface area is 134 Å². The van der Waals surface area contributed by atoms with Crippen molar-refractivity contribution in [2.75, 3.05) is 31.1 Å². The predicted molar refractivity (Wildman–Crippen MR) is 84.8 cm³/mol. The summed E-state index contributed by atoms with van der Waals surface area (Å²) in [5.41, 5.74) is 1.82. The van der Waals surface area contributed by atoms with Gasteiger partial charge in [0, 0.05) is 51.6 Å². The molecule has 1 aromatic carbocycles. The summed E-state index contributed by atoms with van der Waals surface area (Å²) < 4.78 is 18.1. The lowest BCUT2D eigenvalue weighted by atomic mass is 10.2. The zero-order valence-corrected chi connectivity index (χ0v) is 13.2. The van der Waals surface area contributed by atoms with Crippen LogP contribution < -0.4 is 4.90 Å². The van der Waals surface area contributed by atoms with Crippen molar-refractivity contribution < 1.29 is 13.6 Å². The third kappa shape index (κ3) is 3.88. The number of carbonyl (C=O) groups is 1. The van der Waals surface area contributed by atoms with Gasteiger partial charge in [0.25, 0.3) is 0 Å². The zero-order chi connectivity index (χ0) is 16.2. The number of aromatic nitrogens is 1. The Bertz CT molecular complexity index is 661. The minimum absolute atomic E-state index is 0.143. The van der Waals surface area contributed by atoms with E-state index in [1.165, 1.54) is 12.1 Å². The summed E-state index contributed by atoms with van der Waals surface area (Å²) in [6.45, 7) is 4.70. The molecule has 1 amide bonds. The molecule has 0 bridgehead atoms. The maximum Gasteiger partial charge on any atom is 0.223 e. The molecule has 3 rings (SSSR count). The molecule has 0 atom stereocenters. The first kappa shape index (κ1) is 15.5. The number of hydrogen-bond donors (Lipinski definition) is 0. The fourth-order valence-electron chi connectivity index (χ4n) is 2.78. The van der Waals surface area contributed by atoms with E-state index in [1.54, 1.807) is 25.3 Å². The van der Waals surface area contributed by atoms with Crippen LogP contribution in [0.25, 0.3) is 0 Å². The van der Waals surface area contributed by atoms with Gasteiger partial charge in [0.2, 0.25) is 5.91 Å². The normalized spacial score (nSPS) is 15.0. The molecule has 1 aromatic heterocycles. The molecule has 2 heterocycles. The first-order valence-electron chi connectivity index (χ1n) is 7.81. The summed E-state index contributed by atoms with van der Waals surface area (Å²) in [4.78, 5) is 20.5. The van der Waals surface area contributed by atoms with Gasteiger partial charge in [0.05, 0.1) is 5.69 Å². The van der Waals surface area contributed by atoms with Crippen molar-refractivity contribution in [3.8, 4) is 0 Å². The molecule has 6 heteroatoms. The van der Waals surface area contributed by atoms with Gasteiger partial charge in [0.15, 0.2) is 5.89 Å². The monoisotopic (exact) mass is 317 g/mol. The lowest BCUT2D eigenvalue weighted by molar-refractivity contribution is -0.131. The second-order valence-corrected chi connectivity index (χ2v) is 5.70. The van der Waals surface area contributed by atoms with E-state index in [9.17, 15) is 9.18 Å². The Kier molecular flexibility index (Phi) is 4.60. The lowest BCUT2D eigenvalue weighted by Crippen LogP contribution is -2.48. The van der Waals surface area contributed by atoms with Gasteiger partial charge in [0.1, 0.15) is 12.1 Å². The van der Waals surface area contributed by atoms with Crippen molar-refractivity contribution in [3.05, 3.63) is 47.9 Å². The molecule has 122 valence electrons. The van der Waals surface area contributed by atoms with Gasteiger partial charge in [-0.25, -0.2) is 9.37 Å². The van der Waals surface area contributed by atoms with Crippen LogP contribution in [0.4, 0.5) is 10.1 Å². The van der Waals surface area contributed by atoms with Crippen LogP contribution >= 0.6 is 0 Å². The van der Waals surface area contributed by atoms with Crippen LogP contribution in [0.15, 0.2) is 34.9 Å². The summed E-state index contributed by atoms with van der Waals surface area (Å²) in [6, 6.07) is 6.49. The highest BCUT2D eigenvalue weighted by Crippen LogP contribution is 2.17. The molecule has 23 heavy (non-hydrogen) atoms. The fourth-order valence-corrected chi connectivity index (χ4v) is 2.78. The average Bonchev–Trinajstić information content (AvgIpc) is 2.99. The molecule has 1 saturated heterocycles. The molecule has 0 unspecified atom stereocenters. The van der Waals surface area contributed by atoms with Gasteiger partial charge < -0.3 is 14.2 Å². The van der Waals surface area contributed by atoms with E-state index in [-0.39, 0.29) is 11.7 Å². The SMILES string of the molecule is Cc1nc(CCC(=O)N2CCN(c3ccc(F)cc3)CC2)co1. The number of rotatable bonds is 4. The number of oxazole rings is 1. The number of piperazine rings is 1. The summed E-state index contributed by atoms with van der Waals surface area (Å²) in [6.07, 6.45) is 2.66. The van der Waals surface area contributed by atoms with Crippen molar-refractivity contribution in [2.45, 2.75) is 19.8 Å². The Morgan fingerprint density at radius 3 is 2.52 bits per heavy atom. The molecule has 0 saturated carbocycles. The van der Waals surface area contributed by atoms with Crippen molar-refractivity contribution in [1.82, 2.24) is 9.88 Å². The molecular weight excluding hydrogens is 297 g/mol. The van der Waals surface area contributed by atoms with E-state index in [4.69, 9.17) is 4.42 Å². The van der Waals surface area contributed by atoms with Crippen LogP contribution in [-0.4, -0.2) is 42.0 Å². The molecule has 0 N–H and O–H groups in total. The fraction of sp³-hybridized carbons (Fsp3) is 0.412. The number of hydrogen-bond acceptors (Lipinski definition) is 4. The Morgan fingerprint density at radius 1 is 1.22 bits per heavy atom. The first-order valence-corrected chi connectivity index (χ1v) is 7.81. The molecule has 2 aromatic rings. The molecule has 0 radical (unpaired) electrons. The van der Waals surface area contributed by atoms with Crippen molar-refractivity contribution >= 4 is 11.6 Å². The van der Waals surface area contributed by atoms with Crippen molar-refractivity contribution in [2.24, 2.45) is 0 Å². The van der Waals surface area contributed by atoms with Gasteiger partial charge in [-0.1, -0.05) is 0 Å². The van der Waals surface area contributed by atoms with Crippen LogP contribution in [0.1, 0.15) is 18.0 Å². The van der Waals surface area contributed by atoms with E-state index in [0.717, 1.165) is 24.5 Å². The van der Waals surface area contributed by atoms with Crippen LogP contribution in [0.3, 0.4) is 0 Å². The number of anilines is 1. The van der Waals surface area contributed by atoms with Gasteiger partial charge in [-0.15, -0.1) is 0 Å². The van der Waals surface area contributed by atoms with Gasteiger partial charge in [-0.2, -0.15) is 0 Å². The zero-order valence-electron chi connectivity index (χ0n) is 13.2. The summed E-state index contributed by atoms with van der Waals surface area (Å²) >= 11 is 0. The number of aryl methyl sites for hydroxylation is 2. The van der Waals surface area contributed by atoms with Crippen LogP contribution in [0.2, 0.25) is 0 Å². The largest absolute Gasteiger partial charge is 0.449 e. The molecule has 1 fully saturated rings. The summed E-state index contributed by atoms with van der Waals surface area (Å²) in [7, 11) is 0. The smallest absolute Gasteiger partial charge is 0.223 e. The maximum atomic E-state index is 13.0. The summed E-state index contributed by atoms with van der Waals surface area (Å²) in [5, 5.41) is 0. The average molecular weight is 317 g/mol. The van der Waals surface area contributed by atoms with Gasteiger partial charge in [-0.3, -0.25) is 4.79 Å². The molecule has 0 aliphatic carbocycles. The highest BCUT2D eigenvalue weighted by Gasteiger charge is 2.21. The number of nitrogens with zero attached hydrogens (tertiary/aromatic N) is 3. The third-order valence-corrected chi connectivity index (χ3v) is 4.09. The quantitative estimate of drug-likeness (QED) is 0.869. The van der Waals surface area contributed by atoms with E-state index >= 15 is 0 Å². The molecular formula is C17H20FN3O2. The van der Waals surface area contributed by atoms with Crippen LogP contribution in [-0.2, 0) is 11.2 Å². The third-order valence-electron chi connectivity index (χ3n) is 4.09. The van der Waals surface area contributed by atoms with E-state index in [2.05, 4.69) is 9.88 Å². The first-order chi connectivity index (χ1) is 11.1. The lowest BCUT2D eigenvalue weighted by Gasteiger charge is -2.36. The summed E-state index contributed by atoms with van der Waals surface area (Å²) in [5.74, 6) is 0.537. The Hall–Kier alpha value is -2.37. The topological polar surface area (TPSA) is 49.6 Å². The van der Waals surface area contributed by atoms with E-state index < -0.39 is 0 Å². The van der Waals surface area contributed by atoms with Gasteiger partial charge >= 0.3 is 0 Å². The Morgan fingerprint density at radius 2 is 1.91 bits per heavy atom. The number of carbonyl (C=O) groups excluding carboxylic acids is 1. The van der Waals surface area contributed by atoms with Gasteiger partial charge in [-0.05, 0) is 24.3 Å². The van der Waals surface area contributed by atoms with E-state index in [1.807, 2.05) is 4.90 Å². The van der Waals surface area contributed by atoms with Crippen molar-refractivity contribution in [1.29, 1.82) is 0 Å². The standard InChI is InChI=1S/C17H20FN3O2/c1-13-19-15(12-23-13)4-7-17(22)21-10-8-20(9-11-21)16-5-2-14(18)3-6-16/h2-3,5-6,12H,4,7-11H2,1H3. The molecule has 5 nitrogen and oxygen atoms in total. The van der Waals surface area contributed by atoms with Crippen molar-refractivity contribution in [3.63, 3.8) is 0 Å². The number of halogens is 1. The van der Waals surface area contributed by atoms with Crippen LogP contribution in [0.5, 0.6) is 0 Å². The highest BCUT2D eigenvalue weighted by molar-refractivity contribution is 5.76. The predicted octanol–water partition coefficient (Wildman–Crippen LogP) is 2.40. The molecule has 1 aliphatic rings. The molecule has 0 spiro atoms. The minimum Gasteiger partial charge on any atom is -0.449 e. The number of benzene rings is 1. The second kappa shape index (κ2) is 6.81. The minimum atomic E-state index is -0.231. The van der Waals surface area contributed by atoms with E-state index in [0.29, 0.717) is 31.8 Å². The Balaban J connectivity index is 1.48. The number of amides is 1. The molecule has 1 aliphatic heterocycles. The highest BCUT2D eigenvalue weighted by atomic mass is 19.1. The van der Waals surface area contributed by atoms with Crippen LogP contribution in [0, 0.1) is 12.7 Å². The second-order valence-electron chi connectivity index (χ2n) is 5.70. The maximum absolute atomic E-state index is 13.0.